The smallest absolute Gasteiger partial charge is 0.271 e. The minimum absolute atomic E-state index is 0.306. The Labute approximate surface area is 119 Å². The van der Waals surface area contributed by atoms with Gasteiger partial charge in [0.1, 0.15) is 0 Å². The molecule has 9 heteroatoms. The van der Waals surface area contributed by atoms with E-state index in [1.165, 1.54) is 18.2 Å². The average Bonchev–Trinajstić information content (AvgIpc) is 2.24. The summed E-state index contributed by atoms with van der Waals surface area (Å²) in [4.78, 5) is 0. The second-order valence-electron chi connectivity index (χ2n) is 4.17. The lowest BCUT2D eigenvalue weighted by atomic mass is 9.93. The minimum Gasteiger partial charge on any atom is -0.271 e. The molecule has 1 rings (SSSR count). The van der Waals surface area contributed by atoms with E-state index in [1.807, 2.05) is 0 Å². The van der Waals surface area contributed by atoms with Gasteiger partial charge >= 0.3 is 12.4 Å². The Morgan fingerprint density at radius 1 is 1.10 bits per heavy atom. The first-order chi connectivity index (χ1) is 9.05. The number of hydrogen-bond donors (Lipinski definition) is 2. The van der Waals surface area contributed by atoms with Gasteiger partial charge in [0, 0.05) is 10.5 Å². The summed E-state index contributed by atoms with van der Waals surface area (Å²) in [6.07, 6.45) is -11.4. The van der Waals surface area contributed by atoms with E-state index >= 15 is 0 Å². The molecule has 114 valence electrons. The normalized spacial score (nSPS) is 14.7. The van der Waals surface area contributed by atoms with Gasteiger partial charge in [0.25, 0.3) is 0 Å². The first-order valence-electron chi connectivity index (χ1n) is 5.39. The number of halogens is 7. The van der Waals surface area contributed by atoms with E-state index in [-0.39, 0.29) is 0 Å². The van der Waals surface area contributed by atoms with Crippen LogP contribution in [-0.4, -0.2) is 18.4 Å². The zero-order chi connectivity index (χ0) is 15.6. The highest BCUT2D eigenvalue weighted by atomic mass is 79.9. The van der Waals surface area contributed by atoms with Crippen LogP contribution >= 0.6 is 15.9 Å². The van der Waals surface area contributed by atoms with Gasteiger partial charge in [0.2, 0.25) is 0 Å². The van der Waals surface area contributed by atoms with Crippen LogP contribution in [0.1, 0.15) is 5.56 Å². The molecular weight excluding hydrogens is 354 g/mol. The molecule has 0 heterocycles. The molecule has 0 bridgehead atoms. The molecule has 0 saturated heterocycles. The van der Waals surface area contributed by atoms with Gasteiger partial charge in [-0.2, -0.15) is 26.3 Å². The van der Waals surface area contributed by atoms with E-state index in [4.69, 9.17) is 5.84 Å². The van der Waals surface area contributed by atoms with Gasteiger partial charge in [-0.25, -0.2) is 0 Å². The summed E-state index contributed by atoms with van der Waals surface area (Å²) in [6, 6.07) is 4.00. The summed E-state index contributed by atoms with van der Waals surface area (Å²) in [7, 11) is 0. The lowest BCUT2D eigenvalue weighted by Gasteiger charge is -2.30. The number of rotatable bonds is 4. The van der Waals surface area contributed by atoms with Gasteiger partial charge in [-0.05, 0) is 24.1 Å². The number of nitrogens with one attached hydrogen (secondary N) is 1. The molecule has 3 N–H and O–H groups in total. The predicted octanol–water partition coefficient (Wildman–Crippen LogP) is 3.56. The third kappa shape index (κ3) is 4.64. The van der Waals surface area contributed by atoms with Crippen LogP contribution in [0.25, 0.3) is 0 Å². The maximum atomic E-state index is 12.6. The molecule has 0 aliphatic rings. The molecule has 0 saturated carbocycles. The van der Waals surface area contributed by atoms with Crippen molar-refractivity contribution in [3.05, 3.63) is 34.3 Å². The monoisotopic (exact) mass is 364 g/mol. The van der Waals surface area contributed by atoms with Crippen molar-refractivity contribution in [1.29, 1.82) is 0 Å². The minimum atomic E-state index is -5.43. The number of nitrogens with two attached hydrogens (primary N) is 1. The van der Waals surface area contributed by atoms with Crippen molar-refractivity contribution in [2.75, 3.05) is 0 Å². The standard InChI is InChI=1S/C11H11BrF6N2/c12-7-3-1-2-6(4-7)5-8(20-19)9(10(13,14)15)11(16,17)18/h1-4,8-9,20H,5,19H2. The Kier molecular flexibility index (Phi) is 5.45. The topological polar surface area (TPSA) is 38.0 Å². The molecule has 0 amide bonds. The lowest BCUT2D eigenvalue weighted by molar-refractivity contribution is -0.291. The van der Waals surface area contributed by atoms with Crippen molar-refractivity contribution >= 4 is 15.9 Å². The molecule has 1 unspecified atom stereocenters. The van der Waals surface area contributed by atoms with E-state index in [1.54, 1.807) is 11.5 Å². The van der Waals surface area contributed by atoms with Crippen LogP contribution in [0.15, 0.2) is 28.7 Å². The van der Waals surface area contributed by atoms with Gasteiger partial charge in [-0.15, -0.1) is 0 Å². The summed E-state index contributed by atoms with van der Waals surface area (Å²) >= 11 is 3.09. The highest BCUT2D eigenvalue weighted by Crippen LogP contribution is 2.42. The zero-order valence-corrected chi connectivity index (χ0v) is 11.5. The third-order valence-electron chi connectivity index (χ3n) is 2.67. The number of benzene rings is 1. The molecule has 1 aromatic rings. The van der Waals surface area contributed by atoms with Gasteiger partial charge in [-0.3, -0.25) is 11.3 Å². The van der Waals surface area contributed by atoms with Crippen molar-refractivity contribution in [3.63, 3.8) is 0 Å². The summed E-state index contributed by atoms with van der Waals surface area (Å²) in [5.41, 5.74) is 1.93. The van der Waals surface area contributed by atoms with Gasteiger partial charge in [0.05, 0.1) is 0 Å². The van der Waals surface area contributed by atoms with Crippen molar-refractivity contribution in [1.82, 2.24) is 5.43 Å². The van der Waals surface area contributed by atoms with Crippen LogP contribution in [-0.2, 0) is 6.42 Å². The SMILES string of the molecule is NNC(Cc1cccc(Br)c1)C(C(F)(F)F)C(F)(F)F. The lowest BCUT2D eigenvalue weighted by Crippen LogP contribution is -2.54. The molecular formula is C11H11BrF6N2. The summed E-state index contributed by atoms with van der Waals surface area (Å²) in [6.45, 7) is 0. The summed E-state index contributed by atoms with van der Waals surface area (Å²) in [5.74, 6) is 1.36. The van der Waals surface area contributed by atoms with Crippen LogP contribution in [0, 0.1) is 5.92 Å². The first kappa shape index (κ1) is 17.3. The Balaban J connectivity index is 3.03. The Morgan fingerprint density at radius 2 is 1.65 bits per heavy atom. The Hall–Kier alpha value is -0.800. The fourth-order valence-corrected chi connectivity index (χ4v) is 2.28. The van der Waals surface area contributed by atoms with E-state index in [9.17, 15) is 26.3 Å². The molecule has 0 spiro atoms. The van der Waals surface area contributed by atoms with Gasteiger partial charge in [-0.1, -0.05) is 28.1 Å². The fraction of sp³-hybridized carbons (Fsp3) is 0.455. The summed E-state index contributed by atoms with van der Waals surface area (Å²) < 4.78 is 76.2. The summed E-state index contributed by atoms with van der Waals surface area (Å²) in [5, 5.41) is 0. The average molecular weight is 365 g/mol. The maximum absolute atomic E-state index is 12.6. The third-order valence-corrected chi connectivity index (χ3v) is 3.16. The van der Waals surface area contributed by atoms with Crippen molar-refractivity contribution in [2.45, 2.75) is 24.8 Å². The highest BCUT2D eigenvalue weighted by Gasteiger charge is 2.59. The van der Waals surface area contributed by atoms with E-state index in [2.05, 4.69) is 15.9 Å². The Morgan fingerprint density at radius 3 is 2.05 bits per heavy atom. The van der Waals surface area contributed by atoms with Gasteiger partial charge in [0.15, 0.2) is 5.92 Å². The van der Waals surface area contributed by atoms with E-state index in [0.717, 1.165) is 0 Å². The predicted molar refractivity (Wildman–Crippen MR) is 64.6 cm³/mol. The molecule has 0 radical (unpaired) electrons. The van der Waals surface area contributed by atoms with Crippen LogP contribution in [0.4, 0.5) is 26.3 Å². The second kappa shape index (κ2) is 6.31. The molecule has 1 aromatic carbocycles. The number of hydrogen-bond acceptors (Lipinski definition) is 2. The van der Waals surface area contributed by atoms with Crippen LogP contribution in [0.2, 0.25) is 0 Å². The number of hydrazine groups is 1. The van der Waals surface area contributed by atoms with Crippen molar-refractivity contribution < 1.29 is 26.3 Å². The molecule has 0 aliphatic carbocycles. The quantitative estimate of drug-likeness (QED) is 0.487. The molecule has 2 nitrogen and oxygen atoms in total. The fourth-order valence-electron chi connectivity index (χ4n) is 1.83. The van der Waals surface area contributed by atoms with Crippen LogP contribution in [0.3, 0.4) is 0 Å². The zero-order valence-electron chi connectivity index (χ0n) is 9.89. The largest absolute Gasteiger partial charge is 0.402 e. The molecule has 0 aliphatic heterocycles. The molecule has 0 aromatic heterocycles. The molecule has 20 heavy (non-hydrogen) atoms. The van der Waals surface area contributed by atoms with Gasteiger partial charge < -0.3 is 0 Å². The van der Waals surface area contributed by atoms with E-state index < -0.39 is 30.7 Å². The van der Waals surface area contributed by atoms with Crippen molar-refractivity contribution in [2.24, 2.45) is 11.8 Å². The first-order valence-corrected chi connectivity index (χ1v) is 6.19. The second-order valence-corrected chi connectivity index (χ2v) is 5.08. The van der Waals surface area contributed by atoms with E-state index in [0.29, 0.717) is 10.0 Å². The van der Waals surface area contributed by atoms with Crippen LogP contribution < -0.4 is 11.3 Å². The van der Waals surface area contributed by atoms with Crippen LogP contribution in [0.5, 0.6) is 0 Å². The number of alkyl halides is 6. The molecule has 1 atom stereocenters. The highest BCUT2D eigenvalue weighted by molar-refractivity contribution is 9.10. The Bertz CT molecular complexity index is 431. The molecule has 0 fully saturated rings. The van der Waals surface area contributed by atoms with Crippen molar-refractivity contribution in [3.8, 4) is 0 Å². The maximum Gasteiger partial charge on any atom is 0.402 e.